The highest BCUT2D eigenvalue weighted by atomic mass is 35.5. The van der Waals surface area contributed by atoms with Crippen molar-refractivity contribution in [2.24, 2.45) is 5.73 Å². The van der Waals surface area contributed by atoms with Gasteiger partial charge in [0.15, 0.2) is 0 Å². The summed E-state index contributed by atoms with van der Waals surface area (Å²) in [5.74, 6) is 0.851. The molecule has 0 bridgehead atoms. The predicted molar refractivity (Wildman–Crippen MR) is 73.4 cm³/mol. The molecule has 0 amide bonds. The van der Waals surface area contributed by atoms with Crippen molar-refractivity contribution >= 4 is 34.7 Å². The van der Waals surface area contributed by atoms with Crippen molar-refractivity contribution in [2.45, 2.75) is 10.9 Å². The maximum atomic E-state index is 6.09. The molecule has 0 spiro atoms. The monoisotopic (exact) mass is 269 g/mol. The summed E-state index contributed by atoms with van der Waals surface area (Å²) in [4.78, 5) is 2.32. The third kappa shape index (κ3) is 3.01. The minimum Gasteiger partial charge on any atom is -0.323 e. The first-order chi connectivity index (χ1) is 7.77. The second-order valence-electron chi connectivity index (χ2n) is 3.36. The summed E-state index contributed by atoms with van der Waals surface area (Å²) in [6.45, 7) is 0. The van der Waals surface area contributed by atoms with Crippen LogP contribution in [0.2, 0.25) is 5.02 Å². The molecule has 1 aromatic carbocycles. The van der Waals surface area contributed by atoms with E-state index in [-0.39, 0.29) is 6.04 Å². The Balaban J connectivity index is 1.94. The second kappa shape index (κ2) is 5.73. The SMILES string of the molecule is NC(CSc1ccccc1)c1sccc1Cl. The van der Waals surface area contributed by atoms with Crippen molar-refractivity contribution in [2.75, 3.05) is 5.75 Å². The molecule has 1 unspecified atom stereocenters. The second-order valence-corrected chi connectivity index (χ2v) is 5.81. The number of benzene rings is 1. The average molecular weight is 270 g/mol. The highest BCUT2D eigenvalue weighted by molar-refractivity contribution is 7.99. The Morgan fingerprint density at radius 3 is 2.62 bits per heavy atom. The summed E-state index contributed by atoms with van der Waals surface area (Å²) in [7, 11) is 0. The van der Waals surface area contributed by atoms with Crippen LogP contribution in [-0.2, 0) is 0 Å². The van der Waals surface area contributed by atoms with Crippen LogP contribution in [0.15, 0.2) is 46.7 Å². The van der Waals surface area contributed by atoms with Crippen LogP contribution in [-0.4, -0.2) is 5.75 Å². The van der Waals surface area contributed by atoms with Gasteiger partial charge < -0.3 is 5.73 Å². The van der Waals surface area contributed by atoms with Crippen molar-refractivity contribution in [3.63, 3.8) is 0 Å². The van der Waals surface area contributed by atoms with Crippen molar-refractivity contribution in [3.05, 3.63) is 51.7 Å². The minimum absolute atomic E-state index is 0.0118. The molecule has 0 saturated carbocycles. The summed E-state index contributed by atoms with van der Waals surface area (Å²) >= 11 is 9.42. The molecular formula is C12H12ClNS2. The molecule has 1 nitrogen and oxygen atoms in total. The quantitative estimate of drug-likeness (QED) is 0.842. The first kappa shape index (κ1) is 12.0. The van der Waals surface area contributed by atoms with E-state index in [2.05, 4.69) is 12.1 Å². The van der Waals surface area contributed by atoms with E-state index in [0.717, 1.165) is 15.7 Å². The summed E-state index contributed by atoms with van der Waals surface area (Å²) < 4.78 is 0. The molecule has 0 aliphatic heterocycles. The van der Waals surface area contributed by atoms with Crippen molar-refractivity contribution < 1.29 is 0 Å². The van der Waals surface area contributed by atoms with E-state index in [1.54, 1.807) is 23.1 Å². The number of hydrogen-bond acceptors (Lipinski definition) is 3. The molecular weight excluding hydrogens is 258 g/mol. The van der Waals surface area contributed by atoms with E-state index in [9.17, 15) is 0 Å². The lowest BCUT2D eigenvalue weighted by molar-refractivity contribution is 0.852. The molecule has 2 aromatic rings. The first-order valence-corrected chi connectivity index (χ1v) is 7.18. The van der Waals surface area contributed by atoms with Crippen LogP contribution >= 0.6 is 34.7 Å². The van der Waals surface area contributed by atoms with E-state index in [1.165, 1.54) is 4.90 Å². The Morgan fingerprint density at radius 2 is 2.00 bits per heavy atom. The highest BCUT2D eigenvalue weighted by Gasteiger charge is 2.11. The van der Waals surface area contributed by atoms with Gasteiger partial charge in [-0.2, -0.15) is 0 Å². The summed E-state index contributed by atoms with van der Waals surface area (Å²) in [5, 5.41) is 2.76. The van der Waals surface area contributed by atoms with E-state index >= 15 is 0 Å². The Hall–Kier alpha value is -0.480. The molecule has 1 aromatic heterocycles. The van der Waals surface area contributed by atoms with Crippen LogP contribution in [0.5, 0.6) is 0 Å². The molecule has 1 atom stereocenters. The standard InChI is InChI=1S/C12H12ClNS2/c13-10-6-7-15-12(10)11(14)8-16-9-4-2-1-3-5-9/h1-7,11H,8,14H2. The number of nitrogens with two attached hydrogens (primary N) is 1. The average Bonchev–Trinajstić information content (AvgIpc) is 2.74. The van der Waals surface area contributed by atoms with Crippen LogP contribution in [0, 0.1) is 0 Å². The Kier molecular flexibility index (Phi) is 4.29. The summed E-state index contributed by atoms with van der Waals surface area (Å²) in [5.41, 5.74) is 6.09. The summed E-state index contributed by atoms with van der Waals surface area (Å²) in [6, 6.07) is 12.2. The molecule has 2 N–H and O–H groups in total. The number of hydrogen-bond donors (Lipinski definition) is 1. The van der Waals surface area contributed by atoms with Gasteiger partial charge in [0.2, 0.25) is 0 Å². The number of thiophene rings is 1. The van der Waals surface area contributed by atoms with E-state index in [0.29, 0.717) is 0 Å². The van der Waals surface area contributed by atoms with Gasteiger partial charge >= 0.3 is 0 Å². The van der Waals surface area contributed by atoms with Gasteiger partial charge in [-0.05, 0) is 23.6 Å². The molecule has 1 heterocycles. The third-order valence-electron chi connectivity index (χ3n) is 2.15. The minimum atomic E-state index is 0.0118. The molecule has 0 aliphatic carbocycles. The fraction of sp³-hybridized carbons (Fsp3) is 0.167. The number of halogens is 1. The Morgan fingerprint density at radius 1 is 1.25 bits per heavy atom. The Labute approximate surface area is 109 Å². The van der Waals surface area contributed by atoms with Crippen LogP contribution < -0.4 is 5.73 Å². The van der Waals surface area contributed by atoms with Gasteiger partial charge in [0, 0.05) is 21.6 Å². The topological polar surface area (TPSA) is 26.0 Å². The highest BCUT2D eigenvalue weighted by Crippen LogP contribution is 2.30. The molecule has 0 radical (unpaired) electrons. The van der Waals surface area contributed by atoms with Crippen molar-refractivity contribution in [3.8, 4) is 0 Å². The molecule has 84 valence electrons. The van der Waals surface area contributed by atoms with Crippen LogP contribution in [0.4, 0.5) is 0 Å². The number of thioether (sulfide) groups is 1. The fourth-order valence-corrected chi connectivity index (χ4v) is 3.54. The molecule has 4 heteroatoms. The van der Waals surface area contributed by atoms with Gasteiger partial charge in [-0.3, -0.25) is 0 Å². The third-order valence-corrected chi connectivity index (χ3v) is 4.78. The van der Waals surface area contributed by atoms with Crippen LogP contribution in [0.25, 0.3) is 0 Å². The van der Waals surface area contributed by atoms with E-state index in [4.69, 9.17) is 17.3 Å². The van der Waals surface area contributed by atoms with Gasteiger partial charge in [-0.1, -0.05) is 29.8 Å². The molecule has 2 rings (SSSR count). The zero-order chi connectivity index (χ0) is 11.4. The van der Waals surface area contributed by atoms with Gasteiger partial charge in [-0.25, -0.2) is 0 Å². The lowest BCUT2D eigenvalue weighted by Crippen LogP contribution is -2.11. The van der Waals surface area contributed by atoms with E-state index < -0.39 is 0 Å². The van der Waals surface area contributed by atoms with Crippen molar-refractivity contribution in [1.29, 1.82) is 0 Å². The lowest BCUT2D eigenvalue weighted by atomic mass is 10.3. The Bertz CT molecular complexity index is 441. The molecule has 0 aliphatic rings. The maximum Gasteiger partial charge on any atom is 0.0561 e. The van der Waals surface area contributed by atoms with E-state index in [1.807, 2.05) is 29.6 Å². The van der Waals surface area contributed by atoms with Gasteiger partial charge in [0.05, 0.1) is 5.02 Å². The molecule has 0 saturated heterocycles. The smallest absolute Gasteiger partial charge is 0.0561 e. The maximum absolute atomic E-state index is 6.09. The fourth-order valence-electron chi connectivity index (χ4n) is 1.35. The number of rotatable bonds is 4. The molecule has 0 fully saturated rings. The molecule has 16 heavy (non-hydrogen) atoms. The first-order valence-electron chi connectivity index (χ1n) is 4.93. The predicted octanol–water partition coefficient (Wildman–Crippen LogP) is 4.19. The largest absolute Gasteiger partial charge is 0.323 e. The van der Waals surface area contributed by atoms with Crippen LogP contribution in [0.3, 0.4) is 0 Å². The summed E-state index contributed by atoms with van der Waals surface area (Å²) in [6.07, 6.45) is 0. The zero-order valence-electron chi connectivity index (χ0n) is 8.60. The van der Waals surface area contributed by atoms with Crippen LogP contribution in [0.1, 0.15) is 10.9 Å². The van der Waals surface area contributed by atoms with Crippen molar-refractivity contribution in [1.82, 2.24) is 0 Å². The van der Waals surface area contributed by atoms with Gasteiger partial charge in [0.1, 0.15) is 0 Å². The van der Waals surface area contributed by atoms with Gasteiger partial charge in [0.25, 0.3) is 0 Å². The zero-order valence-corrected chi connectivity index (χ0v) is 11.0. The van der Waals surface area contributed by atoms with Gasteiger partial charge in [-0.15, -0.1) is 23.1 Å². The normalized spacial score (nSPS) is 12.6. The lowest BCUT2D eigenvalue weighted by Gasteiger charge is -2.09.